The van der Waals surface area contributed by atoms with Crippen molar-refractivity contribution in [3.8, 4) is 0 Å². The summed E-state index contributed by atoms with van der Waals surface area (Å²) >= 11 is 1.09. The van der Waals surface area contributed by atoms with E-state index in [0.29, 0.717) is 16.9 Å². The Morgan fingerprint density at radius 2 is 1.86 bits per heavy atom. The maximum absolute atomic E-state index is 13.6. The van der Waals surface area contributed by atoms with E-state index in [1.54, 1.807) is 36.6 Å². The molecule has 0 saturated heterocycles. The molecule has 0 saturated carbocycles. The highest BCUT2D eigenvalue weighted by atomic mass is 32.2. The van der Waals surface area contributed by atoms with Gasteiger partial charge in [0.25, 0.3) is 10.0 Å². The van der Waals surface area contributed by atoms with E-state index in [4.69, 9.17) is 0 Å². The van der Waals surface area contributed by atoms with Crippen molar-refractivity contribution < 1.29 is 17.6 Å². The number of sulfonamides is 1. The molecule has 2 aromatic carbocycles. The van der Waals surface area contributed by atoms with E-state index in [2.05, 4.69) is 15.0 Å². The van der Waals surface area contributed by atoms with Crippen LogP contribution in [0.2, 0.25) is 0 Å². The quantitative estimate of drug-likeness (QED) is 0.635. The molecule has 6 nitrogen and oxygen atoms in total. The summed E-state index contributed by atoms with van der Waals surface area (Å²) in [5, 5.41) is 4.36. The standard InChI is InChI=1S/C19H18FN3O3S2/c1-12-3-7-16(8-4-12)28(25,26)23-19-22-15(11-27-19)10-18(24)21-14-6-5-13(2)17(20)9-14/h3-9,11H,10H2,1-2H3,(H,21,24)(H,22,23). The van der Waals surface area contributed by atoms with Crippen LogP contribution in [0.3, 0.4) is 0 Å². The van der Waals surface area contributed by atoms with E-state index in [0.717, 1.165) is 16.9 Å². The molecule has 0 aliphatic carbocycles. The molecule has 1 heterocycles. The van der Waals surface area contributed by atoms with Crippen molar-refractivity contribution in [2.75, 3.05) is 10.0 Å². The van der Waals surface area contributed by atoms with Crippen LogP contribution in [0, 0.1) is 19.7 Å². The van der Waals surface area contributed by atoms with Gasteiger partial charge >= 0.3 is 0 Å². The van der Waals surface area contributed by atoms with Gasteiger partial charge in [-0.05, 0) is 43.7 Å². The third-order valence-electron chi connectivity index (χ3n) is 3.90. The van der Waals surface area contributed by atoms with Gasteiger partial charge in [0.1, 0.15) is 5.82 Å². The minimum absolute atomic E-state index is 0.0573. The Hall–Kier alpha value is -2.78. The summed E-state index contributed by atoms with van der Waals surface area (Å²) in [5.74, 6) is -0.777. The van der Waals surface area contributed by atoms with Gasteiger partial charge in [-0.1, -0.05) is 23.8 Å². The number of aromatic nitrogens is 1. The lowest BCUT2D eigenvalue weighted by atomic mass is 10.2. The number of hydrogen-bond acceptors (Lipinski definition) is 5. The van der Waals surface area contributed by atoms with Crippen molar-refractivity contribution in [1.82, 2.24) is 4.98 Å². The molecule has 0 aliphatic heterocycles. The molecule has 0 bridgehead atoms. The van der Waals surface area contributed by atoms with Crippen LogP contribution in [0.4, 0.5) is 15.2 Å². The molecule has 0 radical (unpaired) electrons. The second-order valence-corrected chi connectivity index (χ2v) is 8.79. The van der Waals surface area contributed by atoms with E-state index in [1.807, 2.05) is 6.92 Å². The normalized spacial score (nSPS) is 11.2. The number of thiazole rings is 1. The minimum Gasteiger partial charge on any atom is -0.326 e. The third-order valence-corrected chi connectivity index (χ3v) is 6.19. The molecule has 0 aliphatic rings. The van der Waals surface area contributed by atoms with E-state index >= 15 is 0 Å². The summed E-state index contributed by atoms with van der Waals surface area (Å²) in [6.45, 7) is 3.50. The van der Waals surface area contributed by atoms with E-state index in [-0.39, 0.29) is 22.4 Å². The van der Waals surface area contributed by atoms with Gasteiger partial charge in [-0.15, -0.1) is 11.3 Å². The van der Waals surface area contributed by atoms with Gasteiger partial charge in [0.05, 0.1) is 17.0 Å². The first-order valence-corrected chi connectivity index (χ1v) is 10.7. The zero-order chi connectivity index (χ0) is 20.3. The van der Waals surface area contributed by atoms with Gasteiger partial charge in [0, 0.05) is 11.1 Å². The lowest BCUT2D eigenvalue weighted by molar-refractivity contribution is -0.115. The number of anilines is 2. The van der Waals surface area contributed by atoms with Crippen molar-refractivity contribution >= 4 is 38.1 Å². The third kappa shape index (κ3) is 4.93. The molecule has 146 valence electrons. The van der Waals surface area contributed by atoms with Crippen LogP contribution in [0.1, 0.15) is 16.8 Å². The van der Waals surface area contributed by atoms with Crippen LogP contribution in [0.5, 0.6) is 0 Å². The van der Waals surface area contributed by atoms with E-state index in [1.165, 1.54) is 18.2 Å². The fourth-order valence-corrected chi connectivity index (χ4v) is 4.33. The predicted octanol–water partition coefficient (Wildman–Crippen LogP) is 3.88. The number of benzene rings is 2. The molecule has 0 unspecified atom stereocenters. The SMILES string of the molecule is Cc1ccc(S(=O)(=O)Nc2nc(CC(=O)Nc3ccc(C)c(F)c3)cs2)cc1. The van der Waals surface area contributed by atoms with Crippen molar-refractivity contribution in [2.24, 2.45) is 0 Å². The Labute approximate surface area is 166 Å². The number of carbonyl (C=O) groups is 1. The molecule has 0 fully saturated rings. The number of rotatable bonds is 6. The van der Waals surface area contributed by atoms with Crippen molar-refractivity contribution in [3.05, 3.63) is 70.5 Å². The number of amides is 1. The van der Waals surface area contributed by atoms with Crippen molar-refractivity contribution in [2.45, 2.75) is 25.2 Å². The molecule has 1 amide bonds. The molecule has 0 spiro atoms. The van der Waals surface area contributed by atoms with Crippen molar-refractivity contribution in [3.63, 3.8) is 0 Å². The van der Waals surface area contributed by atoms with Gasteiger partial charge in [-0.3, -0.25) is 9.52 Å². The zero-order valence-corrected chi connectivity index (χ0v) is 16.8. The Bertz CT molecular complexity index is 1110. The first-order chi connectivity index (χ1) is 13.2. The van der Waals surface area contributed by atoms with Crippen LogP contribution in [-0.4, -0.2) is 19.3 Å². The van der Waals surface area contributed by atoms with Crippen LogP contribution in [-0.2, 0) is 21.2 Å². The minimum atomic E-state index is -3.75. The Morgan fingerprint density at radius 3 is 2.54 bits per heavy atom. The smallest absolute Gasteiger partial charge is 0.263 e. The highest BCUT2D eigenvalue weighted by Gasteiger charge is 2.17. The predicted molar refractivity (Wildman–Crippen MR) is 108 cm³/mol. The first-order valence-electron chi connectivity index (χ1n) is 8.33. The molecule has 1 aromatic heterocycles. The Morgan fingerprint density at radius 1 is 1.14 bits per heavy atom. The fraction of sp³-hybridized carbons (Fsp3) is 0.158. The number of nitrogens with one attached hydrogen (secondary N) is 2. The molecule has 3 rings (SSSR count). The average molecular weight is 420 g/mol. The lowest BCUT2D eigenvalue weighted by Crippen LogP contribution is -2.15. The van der Waals surface area contributed by atoms with Gasteiger partial charge in [0.15, 0.2) is 5.13 Å². The average Bonchev–Trinajstić information content (AvgIpc) is 3.04. The zero-order valence-electron chi connectivity index (χ0n) is 15.2. The van der Waals surface area contributed by atoms with Crippen molar-refractivity contribution in [1.29, 1.82) is 0 Å². The summed E-state index contributed by atoms with van der Waals surface area (Å²) in [6, 6.07) is 10.9. The van der Waals surface area contributed by atoms with Gasteiger partial charge < -0.3 is 5.32 Å². The second-order valence-electron chi connectivity index (χ2n) is 6.25. The number of hydrogen-bond donors (Lipinski definition) is 2. The lowest BCUT2D eigenvalue weighted by Gasteiger charge is -2.06. The molecule has 3 aromatic rings. The summed E-state index contributed by atoms with van der Waals surface area (Å²) in [7, 11) is -3.75. The Balaban J connectivity index is 1.64. The number of nitrogens with zero attached hydrogens (tertiary/aromatic N) is 1. The number of aryl methyl sites for hydroxylation is 2. The number of halogens is 1. The monoisotopic (exact) mass is 419 g/mol. The van der Waals surface area contributed by atoms with Crippen LogP contribution in [0.25, 0.3) is 0 Å². The maximum Gasteiger partial charge on any atom is 0.263 e. The molecular weight excluding hydrogens is 401 g/mol. The second kappa shape index (κ2) is 8.07. The van der Waals surface area contributed by atoms with Crippen LogP contribution < -0.4 is 10.0 Å². The van der Waals surface area contributed by atoms with Gasteiger partial charge in [-0.25, -0.2) is 17.8 Å². The van der Waals surface area contributed by atoms with Gasteiger partial charge in [0.2, 0.25) is 5.91 Å². The Kier molecular flexibility index (Phi) is 5.76. The highest BCUT2D eigenvalue weighted by molar-refractivity contribution is 7.93. The topological polar surface area (TPSA) is 88.2 Å². The van der Waals surface area contributed by atoms with E-state index < -0.39 is 15.8 Å². The summed E-state index contributed by atoms with van der Waals surface area (Å²) in [5.41, 5.74) is 2.21. The van der Waals surface area contributed by atoms with Crippen LogP contribution >= 0.6 is 11.3 Å². The fourth-order valence-electron chi connectivity index (χ4n) is 2.37. The molecular formula is C19H18FN3O3S2. The summed E-state index contributed by atoms with van der Waals surface area (Å²) < 4.78 is 40.7. The molecule has 28 heavy (non-hydrogen) atoms. The maximum atomic E-state index is 13.6. The summed E-state index contributed by atoms with van der Waals surface area (Å²) in [4.78, 5) is 16.4. The molecule has 0 atom stereocenters. The number of carbonyl (C=O) groups excluding carboxylic acids is 1. The van der Waals surface area contributed by atoms with Gasteiger partial charge in [-0.2, -0.15) is 0 Å². The largest absolute Gasteiger partial charge is 0.326 e. The van der Waals surface area contributed by atoms with Crippen LogP contribution in [0.15, 0.2) is 52.7 Å². The first kappa shape index (κ1) is 20.0. The molecule has 2 N–H and O–H groups in total. The summed E-state index contributed by atoms with van der Waals surface area (Å²) in [6.07, 6.45) is -0.0573. The molecule has 9 heteroatoms. The highest BCUT2D eigenvalue weighted by Crippen LogP contribution is 2.21. The van der Waals surface area contributed by atoms with E-state index in [9.17, 15) is 17.6 Å².